The molecule has 0 radical (unpaired) electrons. The number of aromatic carboxylic acids is 1. The Bertz CT molecular complexity index is 1520. The Hall–Kier alpha value is -4.11. The molecule has 1 aliphatic heterocycles. The third-order valence-electron chi connectivity index (χ3n) is 6.41. The number of fused-ring (bicyclic) bond motifs is 1. The number of nitrogens with zero attached hydrogens (tertiary/aromatic N) is 4. The number of rotatable bonds is 6. The van der Waals surface area contributed by atoms with Gasteiger partial charge in [-0.15, -0.1) is 0 Å². The molecule has 4 aromatic rings. The van der Waals surface area contributed by atoms with E-state index >= 15 is 0 Å². The summed E-state index contributed by atoms with van der Waals surface area (Å²) in [6.07, 6.45) is 6.40. The van der Waals surface area contributed by atoms with Crippen LogP contribution in [0.1, 0.15) is 28.8 Å². The number of hydrogen-bond acceptors (Lipinski definition) is 7. The number of aromatic nitrogens is 3. The standard InChI is InChI=1S/C26H24ClN5O4/c1-15-4-2-8-29-25(15)36-14-17-5-3-9-31(17)22-11-21-18(10-20(22)27)24(33)19(26(34)35)13-32(21)16-6-7-23(28)30-12-16/h2,4,6-8,10-13,17H,3,5,9,14H2,1H3,(H2,28,30)(H,34,35)/t17-/m1/s1. The summed E-state index contributed by atoms with van der Waals surface area (Å²) in [5.41, 5.74) is 7.56. The normalized spacial score (nSPS) is 15.4. The van der Waals surface area contributed by atoms with Crippen LogP contribution in [0.3, 0.4) is 0 Å². The Morgan fingerprint density at radius 3 is 2.83 bits per heavy atom. The maximum absolute atomic E-state index is 13.0. The number of pyridine rings is 3. The molecule has 0 saturated carbocycles. The number of benzene rings is 1. The van der Waals surface area contributed by atoms with Crippen LogP contribution in [0.2, 0.25) is 5.02 Å². The van der Waals surface area contributed by atoms with E-state index in [-0.39, 0.29) is 17.0 Å². The molecule has 184 valence electrons. The van der Waals surface area contributed by atoms with Gasteiger partial charge in [0.05, 0.1) is 34.2 Å². The SMILES string of the molecule is Cc1cccnc1OC[C@H]1CCCN1c1cc2c(cc1Cl)c(=O)c(C(=O)O)cn2-c1ccc(N)nc1. The lowest BCUT2D eigenvalue weighted by molar-refractivity contribution is 0.0695. The van der Waals surface area contributed by atoms with E-state index in [2.05, 4.69) is 14.9 Å². The second-order valence-electron chi connectivity index (χ2n) is 8.73. The van der Waals surface area contributed by atoms with Crippen molar-refractivity contribution in [3.05, 3.63) is 81.4 Å². The molecule has 0 spiro atoms. The predicted molar refractivity (Wildman–Crippen MR) is 139 cm³/mol. The van der Waals surface area contributed by atoms with E-state index in [4.69, 9.17) is 22.1 Å². The zero-order valence-electron chi connectivity index (χ0n) is 19.5. The van der Waals surface area contributed by atoms with Gasteiger partial charge in [-0.25, -0.2) is 14.8 Å². The minimum Gasteiger partial charge on any atom is -0.477 e. The first kappa shape index (κ1) is 23.6. The van der Waals surface area contributed by atoms with Crippen LogP contribution in [-0.4, -0.2) is 44.8 Å². The molecule has 4 heterocycles. The van der Waals surface area contributed by atoms with Gasteiger partial charge >= 0.3 is 5.97 Å². The zero-order valence-corrected chi connectivity index (χ0v) is 20.3. The molecule has 5 rings (SSSR count). The summed E-state index contributed by atoms with van der Waals surface area (Å²) in [6.45, 7) is 3.14. The molecule has 1 saturated heterocycles. The summed E-state index contributed by atoms with van der Waals surface area (Å²) in [7, 11) is 0. The van der Waals surface area contributed by atoms with Crippen LogP contribution < -0.4 is 20.8 Å². The fourth-order valence-electron chi connectivity index (χ4n) is 4.58. The highest BCUT2D eigenvalue weighted by Crippen LogP contribution is 2.35. The zero-order chi connectivity index (χ0) is 25.4. The van der Waals surface area contributed by atoms with Crippen molar-refractivity contribution in [3.63, 3.8) is 0 Å². The molecule has 3 aromatic heterocycles. The first-order valence-corrected chi connectivity index (χ1v) is 11.9. The van der Waals surface area contributed by atoms with Crippen molar-refractivity contribution in [2.45, 2.75) is 25.8 Å². The highest BCUT2D eigenvalue weighted by molar-refractivity contribution is 6.34. The summed E-state index contributed by atoms with van der Waals surface area (Å²) in [4.78, 5) is 35.4. The molecule has 10 heteroatoms. The molecule has 1 aliphatic rings. The van der Waals surface area contributed by atoms with Gasteiger partial charge in [0.1, 0.15) is 18.0 Å². The molecule has 1 atom stereocenters. The van der Waals surface area contributed by atoms with Gasteiger partial charge in [0.2, 0.25) is 11.3 Å². The van der Waals surface area contributed by atoms with E-state index < -0.39 is 11.4 Å². The number of carboxylic acid groups (broad SMARTS) is 1. The van der Waals surface area contributed by atoms with Crippen LogP contribution in [-0.2, 0) is 0 Å². The Morgan fingerprint density at radius 1 is 1.28 bits per heavy atom. The van der Waals surface area contributed by atoms with Crippen molar-refractivity contribution in [2.24, 2.45) is 0 Å². The Morgan fingerprint density at radius 2 is 2.11 bits per heavy atom. The first-order chi connectivity index (χ1) is 17.3. The van der Waals surface area contributed by atoms with E-state index in [9.17, 15) is 14.7 Å². The van der Waals surface area contributed by atoms with Crippen molar-refractivity contribution in [2.75, 3.05) is 23.8 Å². The maximum Gasteiger partial charge on any atom is 0.341 e. The number of halogens is 1. The number of nitrogen functional groups attached to an aromatic ring is 1. The summed E-state index contributed by atoms with van der Waals surface area (Å²) in [5.74, 6) is -0.394. The number of aryl methyl sites for hydroxylation is 1. The van der Waals surface area contributed by atoms with E-state index in [0.717, 1.165) is 30.6 Å². The molecule has 0 unspecified atom stereocenters. The number of nitrogens with two attached hydrogens (primary N) is 1. The van der Waals surface area contributed by atoms with Gasteiger partial charge < -0.3 is 25.0 Å². The predicted octanol–water partition coefficient (Wildman–Crippen LogP) is 4.07. The molecule has 1 aromatic carbocycles. The van der Waals surface area contributed by atoms with E-state index in [1.807, 2.05) is 25.1 Å². The summed E-state index contributed by atoms with van der Waals surface area (Å²) < 4.78 is 7.66. The summed E-state index contributed by atoms with van der Waals surface area (Å²) in [6, 6.07) is 10.6. The van der Waals surface area contributed by atoms with Crippen molar-refractivity contribution >= 4 is 40.0 Å². The van der Waals surface area contributed by atoms with Gasteiger partial charge in [0.15, 0.2) is 0 Å². The molecule has 3 N–H and O–H groups in total. The highest BCUT2D eigenvalue weighted by Gasteiger charge is 2.28. The minimum atomic E-state index is -1.32. The van der Waals surface area contributed by atoms with Gasteiger partial charge in [-0.3, -0.25) is 4.79 Å². The van der Waals surface area contributed by atoms with Crippen molar-refractivity contribution < 1.29 is 14.6 Å². The average molecular weight is 506 g/mol. The number of anilines is 2. The molecular formula is C26H24ClN5O4. The maximum atomic E-state index is 13.0. The van der Waals surface area contributed by atoms with Crippen molar-refractivity contribution in [1.29, 1.82) is 0 Å². The lowest BCUT2D eigenvalue weighted by Crippen LogP contribution is -2.34. The van der Waals surface area contributed by atoms with Gasteiger partial charge in [-0.1, -0.05) is 17.7 Å². The van der Waals surface area contributed by atoms with Crippen LogP contribution in [0.15, 0.2) is 59.8 Å². The van der Waals surface area contributed by atoms with Crippen LogP contribution in [0.4, 0.5) is 11.5 Å². The molecule has 1 fully saturated rings. The van der Waals surface area contributed by atoms with E-state index in [0.29, 0.717) is 34.5 Å². The lowest BCUT2D eigenvalue weighted by Gasteiger charge is -2.28. The monoisotopic (exact) mass is 505 g/mol. The van der Waals surface area contributed by atoms with Gasteiger partial charge in [0, 0.05) is 29.9 Å². The van der Waals surface area contributed by atoms with Crippen molar-refractivity contribution in [1.82, 2.24) is 14.5 Å². The topological polar surface area (TPSA) is 124 Å². The largest absolute Gasteiger partial charge is 0.477 e. The third kappa shape index (κ3) is 4.33. The minimum absolute atomic E-state index is 0.0537. The number of carbonyl (C=O) groups is 1. The second-order valence-corrected chi connectivity index (χ2v) is 9.14. The summed E-state index contributed by atoms with van der Waals surface area (Å²) in [5, 5.41) is 10.2. The quantitative estimate of drug-likeness (QED) is 0.402. The lowest BCUT2D eigenvalue weighted by atomic mass is 10.1. The Labute approximate surface area is 211 Å². The van der Waals surface area contributed by atoms with E-state index in [1.54, 1.807) is 29.0 Å². The van der Waals surface area contributed by atoms with Crippen LogP contribution in [0.5, 0.6) is 5.88 Å². The fraction of sp³-hybridized carbons (Fsp3) is 0.231. The van der Waals surface area contributed by atoms with Crippen LogP contribution >= 0.6 is 11.6 Å². The van der Waals surface area contributed by atoms with Crippen molar-refractivity contribution in [3.8, 4) is 11.6 Å². The first-order valence-electron chi connectivity index (χ1n) is 11.5. The smallest absolute Gasteiger partial charge is 0.341 e. The number of carboxylic acids is 1. The Balaban J connectivity index is 1.59. The van der Waals surface area contributed by atoms with E-state index in [1.165, 1.54) is 12.4 Å². The second kappa shape index (κ2) is 9.50. The number of hydrogen-bond donors (Lipinski definition) is 2. The molecule has 9 nitrogen and oxygen atoms in total. The van der Waals surface area contributed by atoms with Crippen LogP contribution in [0, 0.1) is 6.92 Å². The molecular weight excluding hydrogens is 482 g/mol. The molecule has 0 bridgehead atoms. The van der Waals surface area contributed by atoms with Crippen LogP contribution in [0.25, 0.3) is 16.6 Å². The Kier molecular flexibility index (Phi) is 6.24. The molecule has 0 amide bonds. The van der Waals surface area contributed by atoms with Gasteiger partial charge in [-0.05, 0) is 50.1 Å². The van der Waals surface area contributed by atoms with Gasteiger partial charge in [0.25, 0.3) is 0 Å². The molecule has 36 heavy (non-hydrogen) atoms. The fourth-order valence-corrected chi connectivity index (χ4v) is 4.86. The highest BCUT2D eigenvalue weighted by atomic mass is 35.5. The molecule has 0 aliphatic carbocycles. The number of ether oxygens (including phenoxy) is 1. The third-order valence-corrected chi connectivity index (χ3v) is 6.71. The average Bonchev–Trinajstić information content (AvgIpc) is 3.32. The van der Waals surface area contributed by atoms with Gasteiger partial charge in [-0.2, -0.15) is 0 Å². The summed E-state index contributed by atoms with van der Waals surface area (Å²) >= 11 is 6.69.